The summed E-state index contributed by atoms with van der Waals surface area (Å²) in [5.41, 5.74) is 3.17. The van der Waals surface area contributed by atoms with Crippen molar-refractivity contribution in [2.24, 2.45) is 7.05 Å². The van der Waals surface area contributed by atoms with Gasteiger partial charge in [0.15, 0.2) is 5.75 Å². The van der Waals surface area contributed by atoms with Crippen LogP contribution in [0.25, 0.3) is 0 Å². The van der Waals surface area contributed by atoms with Gasteiger partial charge in [-0.2, -0.15) is 5.10 Å². The fraction of sp³-hybridized carbons (Fsp3) is 0.429. The molecule has 2 rings (SSSR count). The number of hydrogen-bond acceptors (Lipinski definition) is 4. The van der Waals surface area contributed by atoms with Crippen LogP contribution in [0.4, 0.5) is 0 Å². The van der Waals surface area contributed by atoms with Crippen molar-refractivity contribution in [3.8, 4) is 5.75 Å². The number of aromatic nitrogens is 3. The number of aryl methyl sites for hydroxylation is 2. The third kappa shape index (κ3) is 3.54. The molecule has 0 aromatic carbocycles. The summed E-state index contributed by atoms with van der Waals surface area (Å²) < 4.78 is 7.61. The predicted molar refractivity (Wildman–Crippen MR) is 74.1 cm³/mol. The van der Waals surface area contributed by atoms with Crippen LogP contribution in [0.2, 0.25) is 0 Å². The topological polar surface area (TPSA) is 52.0 Å². The first-order valence-corrected chi connectivity index (χ1v) is 6.41. The minimum atomic E-state index is 0.633. The van der Waals surface area contributed by atoms with Crippen LogP contribution in [0.3, 0.4) is 0 Å². The van der Waals surface area contributed by atoms with Gasteiger partial charge in [0.05, 0.1) is 5.69 Å². The Bertz CT molecular complexity index is 522. The maximum absolute atomic E-state index is 5.76. The van der Waals surface area contributed by atoms with Gasteiger partial charge in [-0.15, -0.1) is 0 Å². The Morgan fingerprint density at radius 1 is 1.37 bits per heavy atom. The SMILES string of the molecule is Cc1nn(C)c(C)c1OCCNCc1cccnc1. The minimum absolute atomic E-state index is 0.633. The molecular weight excluding hydrogens is 240 g/mol. The quantitative estimate of drug-likeness (QED) is 0.802. The Balaban J connectivity index is 1.72. The van der Waals surface area contributed by atoms with E-state index in [4.69, 9.17) is 4.74 Å². The van der Waals surface area contributed by atoms with Crippen LogP contribution in [0.1, 0.15) is 17.0 Å². The number of nitrogens with zero attached hydrogens (tertiary/aromatic N) is 3. The van der Waals surface area contributed by atoms with Crippen LogP contribution >= 0.6 is 0 Å². The third-order valence-electron chi connectivity index (χ3n) is 3.02. The van der Waals surface area contributed by atoms with Crippen molar-refractivity contribution in [2.75, 3.05) is 13.2 Å². The standard InChI is InChI=1S/C14H20N4O/c1-11-14(12(2)18(3)17-11)19-8-7-16-10-13-5-4-6-15-9-13/h4-6,9,16H,7-8,10H2,1-3H3. The van der Waals surface area contributed by atoms with E-state index in [1.807, 2.05) is 37.8 Å². The highest BCUT2D eigenvalue weighted by atomic mass is 16.5. The molecule has 0 fully saturated rings. The van der Waals surface area contributed by atoms with Crippen molar-refractivity contribution in [3.63, 3.8) is 0 Å². The molecule has 2 aromatic rings. The monoisotopic (exact) mass is 260 g/mol. The number of hydrogen-bond donors (Lipinski definition) is 1. The van der Waals surface area contributed by atoms with Gasteiger partial charge in [0.1, 0.15) is 12.3 Å². The molecule has 0 aliphatic carbocycles. The van der Waals surface area contributed by atoms with E-state index in [0.29, 0.717) is 6.61 Å². The largest absolute Gasteiger partial charge is 0.488 e. The van der Waals surface area contributed by atoms with Crippen molar-refractivity contribution in [2.45, 2.75) is 20.4 Å². The van der Waals surface area contributed by atoms with Crippen LogP contribution in [0, 0.1) is 13.8 Å². The van der Waals surface area contributed by atoms with Gasteiger partial charge >= 0.3 is 0 Å². The lowest BCUT2D eigenvalue weighted by Crippen LogP contribution is -2.20. The molecule has 0 radical (unpaired) electrons. The Morgan fingerprint density at radius 3 is 2.84 bits per heavy atom. The van der Waals surface area contributed by atoms with Gasteiger partial charge in [-0.05, 0) is 25.5 Å². The minimum Gasteiger partial charge on any atom is -0.488 e. The molecule has 2 aromatic heterocycles. The maximum atomic E-state index is 5.76. The summed E-state index contributed by atoms with van der Waals surface area (Å²) in [4.78, 5) is 4.07. The number of ether oxygens (including phenoxy) is 1. The van der Waals surface area contributed by atoms with Crippen molar-refractivity contribution < 1.29 is 4.74 Å². The summed E-state index contributed by atoms with van der Waals surface area (Å²) in [6.45, 7) is 6.21. The van der Waals surface area contributed by atoms with E-state index in [0.717, 1.165) is 30.2 Å². The molecule has 0 saturated heterocycles. The van der Waals surface area contributed by atoms with Crippen molar-refractivity contribution in [3.05, 3.63) is 41.5 Å². The summed E-state index contributed by atoms with van der Waals surface area (Å²) in [7, 11) is 1.93. The van der Waals surface area contributed by atoms with E-state index >= 15 is 0 Å². The molecule has 5 nitrogen and oxygen atoms in total. The van der Waals surface area contributed by atoms with Gasteiger partial charge in [0.25, 0.3) is 0 Å². The molecule has 5 heteroatoms. The van der Waals surface area contributed by atoms with E-state index in [2.05, 4.69) is 21.5 Å². The van der Waals surface area contributed by atoms with E-state index in [9.17, 15) is 0 Å². The number of nitrogens with one attached hydrogen (secondary N) is 1. The van der Waals surface area contributed by atoms with Gasteiger partial charge in [-0.3, -0.25) is 9.67 Å². The number of rotatable bonds is 6. The molecule has 0 bridgehead atoms. The molecule has 0 aliphatic rings. The Kier molecular flexibility index (Phi) is 4.52. The highest BCUT2D eigenvalue weighted by molar-refractivity contribution is 5.31. The van der Waals surface area contributed by atoms with E-state index in [-0.39, 0.29) is 0 Å². The van der Waals surface area contributed by atoms with Gasteiger partial charge in [-0.25, -0.2) is 0 Å². The molecule has 2 heterocycles. The molecule has 1 N–H and O–H groups in total. The second kappa shape index (κ2) is 6.33. The zero-order valence-corrected chi connectivity index (χ0v) is 11.7. The second-order valence-corrected chi connectivity index (χ2v) is 4.51. The molecule has 0 atom stereocenters. The van der Waals surface area contributed by atoms with Gasteiger partial charge in [-0.1, -0.05) is 6.07 Å². The van der Waals surface area contributed by atoms with E-state index < -0.39 is 0 Å². The predicted octanol–water partition coefficient (Wildman–Crippen LogP) is 1.60. The summed E-state index contributed by atoms with van der Waals surface area (Å²) in [5.74, 6) is 0.894. The first kappa shape index (κ1) is 13.5. The smallest absolute Gasteiger partial charge is 0.163 e. The van der Waals surface area contributed by atoms with Gasteiger partial charge in [0, 0.05) is 32.5 Å². The Labute approximate surface area is 113 Å². The van der Waals surface area contributed by atoms with Crippen LogP contribution in [-0.4, -0.2) is 27.9 Å². The van der Waals surface area contributed by atoms with Crippen LogP contribution in [-0.2, 0) is 13.6 Å². The van der Waals surface area contributed by atoms with Crippen molar-refractivity contribution in [1.29, 1.82) is 0 Å². The highest BCUT2D eigenvalue weighted by Gasteiger charge is 2.09. The lowest BCUT2D eigenvalue weighted by atomic mass is 10.3. The zero-order chi connectivity index (χ0) is 13.7. The van der Waals surface area contributed by atoms with Crippen LogP contribution < -0.4 is 10.1 Å². The normalized spacial score (nSPS) is 10.7. The van der Waals surface area contributed by atoms with Crippen molar-refractivity contribution >= 4 is 0 Å². The average Bonchev–Trinajstić information content (AvgIpc) is 2.65. The van der Waals surface area contributed by atoms with Gasteiger partial charge in [0.2, 0.25) is 0 Å². The Morgan fingerprint density at radius 2 is 2.21 bits per heavy atom. The van der Waals surface area contributed by atoms with E-state index in [1.165, 1.54) is 5.56 Å². The summed E-state index contributed by atoms with van der Waals surface area (Å²) in [6.07, 6.45) is 3.64. The first-order valence-electron chi connectivity index (χ1n) is 6.41. The summed E-state index contributed by atoms with van der Waals surface area (Å²) >= 11 is 0. The van der Waals surface area contributed by atoms with Gasteiger partial charge < -0.3 is 10.1 Å². The number of pyridine rings is 1. The first-order chi connectivity index (χ1) is 9.18. The Hall–Kier alpha value is -1.88. The molecule has 0 saturated carbocycles. The lowest BCUT2D eigenvalue weighted by molar-refractivity contribution is 0.309. The van der Waals surface area contributed by atoms with E-state index in [1.54, 1.807) is 6.20 Å². The molecular formula is C14H20N4O. The summed E-state index contributed by atoms with van der Waals surface area (Å²) in [6, 6.07) is 3.99. The molecule has 0 aliphatic heterocycles. The highest BCUT2D eigenvalue weighted by Crippen LogP contribution is 2.20. The average molecular weight is 260 g/mol. The van der Waals surface area contributed by atoms with Crippen LogP contribution in [0.15, 0.2) is 24.5 Å². The third-order valence-corrected chi connectivity index (χ3v) is 3.02. The van der Waals surface area contributed by atoms with Crippen molar-refractivity contribution in [1.82, 2.24) is 20.1 Å². The fourth-order valence-corrected chi connectivity index (χ4v) is 1.92. The zero-order valence-electron chi connectivity index (χ0n) is 11.7. The second-order valence-electron chi connectivity index (χ2n) is 4.51. The molecule has 0 unspecified atom stereocenters. The molecule has 0 amide bonds. The van der Waals surface area contributed by atoms with Crippen LogP contribution in [0.5, 0.6) is 5.75 Å². The maximum Gasteiger partial charge on any atom is 0.163 e. The summed E-state index contributed by atoms with van der Waals surface area (Å²) in [5, 5.41) is 7.65. The molecule has 19 heavy (non-hydrogen) atoms. The molecule has 102 valence electrons. The fourth-order valence-electron chi connectivity index (χ4n) is 1.92. The lowest BCUT2D eigenvalue weighted by Gasteiger charge is -2.07. The molecule has 0 spiro atoms.